The largest absolute Gasteiger partial charge is 0.351 e. The van der Waals surface area contributed by atoms with Crippen LogP contribution in [0.5, 0.6) is 0 Å². The number of imidazole rings is 1. The Hall–Kier alpha value is -3.09. The number of allylic oxidation sites excluding steroid dienone is 1. The molecule has 0 unspecified atom stereocenters. The normalized spacial score (nSPS) is 15.4. The van der Waals surface area contributed by atoms with Crippen molar-refractivity contribution >= 4 is 34.5 Å². The second-order valence-corrected chi connectivity index (χ2v) is 4.66. The van der Waals surface area contributed by atoms with Crippen LogP contribution in [0.2, 0.25) is 0 Å². The van der Waals surface area contributed by atoms with Crippen LogP contribution in [0.4, 0.5) is 16.2 Å². The molecule has 0 fully saturated rings. The fourth-order valence-electron chi connectivity index (χ4n) is 2.35. The first-order chi connectivity index (χ1) is 10.1. The summed E-state index contributed by atoms with van der Waals surface area (Å²) in [4.78, 5) is 30.1. The lowest BCUT2D eigenvalue weighted by Gasteiger charge is -2.06. The molecule has 7 nitrogen and oxygen atoms in total. The van der Waals surface area contributed by atoms with Gasteiger partial charge in [0.25, 0.3) is 5.91 Å². The van der Waals surface area contributed by atoms with Crippen LogP contribution in [-0.2, 0) is 4.79 Å². The number of rotatable bonds is 2. The zero-order chi connectivity index (χ0) is 15.0. The average Bonchev–Trinajstić information content (AvgIpc) is 3.04. The number of carbonyl (C=O) groups is 2. The number of carbonyl (C=O) groups excluding carboxylic acids is 2. The lowest BCUT2D eigenvalue weighted by molar-refractivity contribution is -0.110. The van der Waals surface area contributed by atoms with Crippen molar-refractivity contribution in [3.05, 3.63) is 42.0 Å². The molecule has 1 aromatic heterocycles. The molecule has 2 aromatic rings. The Kier molecular flexibility index (Phi) is 2.94. The van der Waals surface area contributed by atoms with Gasteiger partial charge in [0.15, 0.2) is 0 Å². The predicted octanol–water partition coefficient (Wildman–Crippen LogP) is 1.78. The van der Waals surface area contributed by atoms with Crippen LogP contribution in [-0.4, -0.2) is 21.9 Å². The van der Waals surface area contributed by atoms with E-state index in [2.05, 4.69) is 20.6 Å². The third-order valence-corrected chi connectivity index (χ3v) is 3.29. The van der Waals surface area contributed by atoms with Gasteiger partial charge in [0.2, 0.25) is 0 Å². The van der Waals surface area contributed by atoms with E-state index in [1.54, 1.807) is 30.7 Å². The molecule has 5 N–H and O–H groups in total. The number of hydrogen-bond donors (Lipinski definition) is 4. The zero-order valence-electron chi connectivity index (χ0n) is 11.2. The molecule has 3 amide bonds. The number of amides is 3. The second-order valence-electron chi connectivity index (χ2n) is 4.66. The number of H-pyrrole nitrogens is 1. The van der Waals surface area contributed by atoms with Gasteiger partial charge in [-0.1, -0.05) is 0 Å². The fourth-order valence-corrected chi connectivity index (χ4v) is 2.35. The average molecular weight is 283 g/mol. The minimum Gasteiger partial charge on any atom is -0.351 e. The summed E-state index contributed by atoms with van der Waals surface area (Å²) in [6.07, 6.45) is 3.28. The Labute approximate surface area is 120 Å². The van der Waals surface area contributed by atoms with E-state index in [9.17, 15) is 9.59 Å². The van der Waals surface area contributed by atoms with Crippen LogP contribution in [0.25, 0.3) is 11.1 Å². The Bertz CT molecular complexity index is 762. The molecule has 106 valence electrons. The number of urea groups is 1. The van der Waals surface area contributed by atoms with Crippen LogP contribution in [0, 0.1) is 0 Å². The monoisotopic (exact) mass is 283 g/mol. The van der Waals surface area contributed by atoms with Crippen LogP contribution in [0.3, 0.4) is 0 Å². The van der Waals surface area contributed by atoms with E-state index in [0.29, 0.717) is 28.2 Å². The van der Waals surface area contributed by atoms with Crippen molar-refractivity contribution in [2.24, 2.45) is 5.73 Å². The summed E-state index contributed by atoms with van der Waals surface area (Å²) in [5, 5.41) is 5.29. The van der Waals surface area contributed by atoms with Crippen molar-refractivity contribution in [1.29, 1.82) is 0 Å². The first-order valence-corrected chi connectivity index (χ1v) is 6.28. The first kappa shape index (κ1) is 12.9. The number of nitrogens with two attached hydrogens (primary N) is 1. The van der Waals surface area contributed by atoms with E-state index in [1.807, 2.05) is 6.92 Å². The van der Waals surface area contributed by atoms with Crippen molar-refractivity contribution in [3.8, 4) is 0 Å². The number of nitrogens with one attached hydrogen (secondary N) is 3. The van der Waals surface area contributed by atoms with Gasteiger partial charge in [0.1, 0.15) is 0 Å². The lowest BCUT2D eigenvalue weighted by Crippen LogP contribution is -2.19. The van der Waals surface area contributed by atoms with Crippen molar-refractivity contribution in [3.63, 3.8) is 0 Å². The summed E-state index contributed by atoms with van der Waals surface area (Å²) in [7, 11) is 0. The summed E-state index contributed by atoms with van der Waals surface area (Å²) in [6, 6.07) is 4.46. The van der Waals surface area contributed by atoms with Gasteiger partial charge < -0.3 is 21.4 Å². The van der Waals surface area contributed by atoms with E-state index >= 15 is 0 Å². The molecule has 1 aliphatic rings. The van der Waals surface area contributed by atoms with Crippen molar-refractivity contribution in [2.45, 2.75) is 6.92 Å². The number of hydrogen-bond acceptors (Lipinski definition) is 3. The molecule has 0 bridgehead atoms. The Morgan fingerprint density at radius 3 is 2.86 bits per heavy atom. The zero-order valence-corrected chi connectivity index (χ0v) is 11.2. The fraction of sp³-hybridized carbons (Fsp3) is 0.0714. The van der Waals surface area contributed by atoms with Gasteiger partial charge in [-0.25, -0.2) is 9.78 Å². The minimum atomic E-state index is -0.651. The Balaban J connectivity index is 2.12. The van der Waals surface area contributed by atoms with Gasteiger partial charge in [-0.05, 0) is 30.7 Å². The molecule has 21 heavy (non-hydrogen) atoms. The number of benzene rings is 1. The number of aromatic amines is 1. The molecule has 2 heterocycles. The number of anilines is 2. The molecule has 3 rings (SSSR count). The maximum atomic E-state index is 12.2. The number of primary amides is 1. The molecule has 0 radical (unpaired) electrons. The van der Waals surface area contributed by atoms with Crippen molar-refractivity contribution < 1.29 is 9.59 Å². The van der Waals surface area contributed by atoms with Gasteiger partial charge in [-0.3, -0.25) is 4.79 Å². The van der Waals surface area contributed by atoms with Gasteiger partial charge in [0, 0.05) is 23.1 Å². The van der Waals surface area contributed by atoms with Crippen LogP contribution < -0.4 is 16.4 Å². The smallest absolute Gasteiger partial charge is 0.316 e. The van der Waals surface area contributed by atoms with Crippen LogP contribution in [0.15, 0.2) is 30.7 Å². The van der Waals surface area contributed by atoms with Gasteiger partial charge in [-0.2, -0.15) is 0 Å². The number of aromatic nitrogens is 2. The molecule has 1 aromatic carbocycles. The van der Waals surface area contributed by atoms with Gasteiger partial charge in [0.05, 0.1) is 17.6 Å². The molecule has 0 atom stereocenters. The van der Waals surface area contributed by atoms with Crippen LogP contribution in [0.1, 0.15) is 18.2 Å². The maximum Gasteiger partial charge on any atom is 0.316 e. The van der Waals surface area contributed by atoms with E-state index < -0.39 is 6.03 Å². The van der Waals surface area contributed by atoms with E-state index in [1.165, 1.54) is 0 Å². The maximum absolute atomic E-state index is 12.2. The van der Waals surface area contributed by atoms with Gasteiger partial charge in [-0.15, -0.1) is 0 Å². The minimum absolute atomic E-state index is 0.193. The SMILES string of the molecule is CC(=C1C(=O)Nc2ccc(NC(N)=O)cc21)c1c[nH]cn1. The highest BCUT2D eigenvalue weighted by Crippen LogP contribution is 2.37. The van der Waals surface area contributed by atoms with Gasteiger partial charge >= 0.3 is 6.03 Å². The molecule has 1 aliphatic heterocycles. The molecule has 0 spiro atoms. The van der Waals surface area contributed by atoms with E-state index in [4.69, 9.17) is 5.73 Å². The van der Waals surface area contributed by atoms with Crippen molar-refractivity contribution in [2.75, 3.05) is 10.6 Å². The second kappa shape index (κ2) is 4.78. The summed E-state index contributed by atoms with van der Waals surface area (Å²) in [5.74, 6) is -0.193. The Morgan fingerprint density at radius 1 is 1.38 bits per heavy atom. The third kappa shape index (κ3) is 2.25. The molecular weight excluding hydrogens is 270 g/mol. The third-order valence-electron chi connectivity index (χ3n) is 3.29. The predicted molar refractivity (Wildman–Crippen MR) is 79.4 cm³/mol. The quantitative estimate of drug-likeness (QED) is 0.630. The topological polar surface area (TPSA) is 113 Å². The summed E-state index contributed by atoms with van der Waals surface area (Å²) < 4.78 is 0. The highest BCUT2D eigenvalue weighted by molar-refractivity contribution is 6.36. The Morgan fingerprint density at radius 2 is 2.19 bits per heavy atom. The summed E-state index contributed by atoms with van der Waals surface area (Å²) in [5.41, 5.74) is 9.03. The molecule has 7 heteroatoms. The summed E-state index contributed by atoms with van der Waals surface area (Å²) >= 11 is 0. The highest BCUT2D eigenvalue weighted by Gasteiger charge is 2.27. The van der Waals surface area contributed by atoms with Crippen molar-refractivity contribution in [1.82, 2.24) is 9.97 Å². The lowest BCUT2D eigenvalue weighted by atomic mass is 10.00. The number of nitrogens with zero attached hydrogens (tertiary/aromatic N) is 1. The highest BCUT2D eigenvalue weighted by atomic mass is 16.2. The molecule has 0 aliphatic carbocycles. The molecule has 0 saturated heterocycles. The number of fused-ring (bicyclic) bond motifs is 1. The van der Waals surface area contributed by atoms with E-state index in [-0.39, 0.29) is 5.91 Å². The molecular formula is C14H13N5O2. The van der Waals surface area contributed by atoms with Crippen LogP contribution >= 0.6 is 0 Å². The standard InChI is InChI=1S/C14H13N5O2/c1-7(11-5-16-6-17-11)12-9-4-8(18-14(15)21)2-3-10(9)19-13(12)20/h2-6H,1H3,(H,16,17)(H,19,20)(H3,15,18,21). The van der Waals surface area contributed by atoms with E-state index in [0.717, 1.165) is 5.57 Å². The first-order valence-electron chi connectivity index (χ1n) is 6.28. The summed E-state index contributed by atoms with van der Waals surface area (Å²) in [6.45, 7) is 1.83. The molecule has 0 saturated carbocycles.